The van der Waals surface area contributed by atoms with Crippen LogP contribution in [0.25, 0.3) is 11.3 Å². The second-order valence-corrected chi connectivity index (χ2v) is 3.74. The van der Waals surface area contributed by atoms with Crippen molar-refractivity contribution in [3.05, 3.63) is 36.3 Å². The maximum absolute atomic E-state index is 11.9. The first-order chi connectivity index (χ1) is 9.06. The number of halogens is 3. The number of nitrogens with zero attached hydrogens (tertiary/aromatic N) is 2. The van der Waals surface area contributed by atoms with Gasteiger partial charge in [-0.3, -0.25) is 14.9 Å². The van der Waals surface area contributed by atoms with Crippen molar-refractivity contribution in [1.82, 2.24) is 20.7 Å². The molecule has 0 saturated heterocycles. The van der Waals surface area contributed by atoms with E-state index in [0.717, 1.165) is 5.56 Å². The van der Waals surface area contributed by atoms with Crippen LogP contribution in [0.1, 0.15) is 5.56 Å². The highest BCUT2D eigenvalue weighted by Crippen LogP contribution is 2.19. The molecule has 102 valence electrons. The largest absolute Gasteiger partial charge is 0.413 e. The Bertz CT molecular complexity index is 512. The molecule has 0 unspecified atom stereocenters. The third kappa shape index (κ3) is 4.04. The summed E-state index contributed by atoms with van der Waals surface area (Å²) in [7, 11) is 0. The lowest BCUT2D eigenvalue weighted by Gasteiger charge is -2.08. The van der Waals surface area contributed by atoms with E-state index in [-0.39, 0.29) is 6.54 Å². The van der Waals surface area contributed by atoms with Crippen LogP contribution in [-0.2, 0) is 11.4 Å². The quantitative estimate of drug-likeness (QED) is 0.646. The molecule has 0 atom stereocenters. The summed E-state index contributed by atoms with van der Waals surface area (Å²) in [6.45, 7) is -1.23. The molecule has 0 aliphatic carbocycles. The van der Waals surface area contributed by atoms with E-state index in [1.807, 2.05) is 6.07 Å². The molecular weight excluding hydrogens is 261 g/mol. The van der Waals surface area contributed by atoms with Gasteiger partial charge in [0.15, 0.2) is 6.61 Å². The third-order valence-corrected chi connectivity index (χ3v) is 2.27. The first-order valence-electron chi connectivity index (χ1n) is 5.40. The molecule has 0 aromatic carbocycles. The Labute approximate surface area is 106 Å². The molecule has 5 nitrogen and oxygen atoms in total. The van der Waals surface area contributed by atoms with Gasteiger partial charge in [0.05, 0.1) is 11.9 Å². The molecule has 2 N–H and O–H groups in total. The summed E-state index contributed by atoms with van der Waals surface area (Å²) >= 11 is 0. The van der Waals surface area contributed by atoms with Crippen molar-refractivity contribution in [3.63, 3.8) is 0 Å². The van der Waals surface area contributed by atoms with Crippen LogP contribution in [0.2, 0.25) is 0 Å². The molecule has 2 rings (SSSR count). The summed E-state index contributed by atoms with van der Waals surface area (Å²) in [5.41, 5.74) is 4.43. The predicted octanol–water partition coefficient (Wildman–Crippen LogP) is 2.06. The number of nitrogens with one attached hydrogen (secondary N) is 2. The fraction of sp³-hybridized carbons (Fsp3) is 0.273. The van der Waals surface area contributed by atoms with Crippen LogP contribution in [-0.4, -0.2) is 28.0 Å². The van der Waals surface area contributed by atoms with Gasteiger partial charge < -0.3 is 0 Å². The summed E-state index contributed by atoms with van der Waals surface area (Å²) in [4.78, 5) is 8.29. The Morgan fingerprint density at radius 3 is 2.84 bits per heavy atom. The molecule has 19 heavy (non-hydrogen) atoms. The van der Waals surface area contributed by atoms with Gasteiger partial charge in [-0.05, 0) is 12.1 Å². The zero-order valence-electron chi connectivity index (χ0n) is 9.74. The van der Waals surface area contributed by atoms with Gasteiger partial charge in [-0.1, -0.05) is 0 Å². The molecule has 0 aliphatic rings. The summed E-state index contributed by atoms with van der Waals surface area (Å²) in [6, 6.07) is 3.58. The fourth-order valence-electron chi connectivity index (χ4n) is 1.47. The van der Waals surface area contributed by atoms with E-state index in [4.69, 9.17) is 0 Å². The molecule has 2 heterocycles. The molecule has 0 bridgehead atoms. The van der Waals surface area contributed by atoms with Gasteiger partial charge in [-0.2, -0.15) is 23.8 Å². The van der Waals surface area contributed by atoms with Crippen molar-refractivity contribution >= 4 is 0 Å². The zero-order valence-corrected chi connectivity index (χ0v) is 9.74. The van der Waals surface area contributed by atoms with Gasteiger partial charge in [-0.15, -0.1) is 0 Å². The highest BCUT2D eigenvalue weighted by Gasteiger charge is 2.27. The lowest BCUT2D eigenvalue weighted by molar-refractivity contribution is -0.190. The topological polar surface area (TPSA) is 62.8 Å². The number of rotatable bonds is 5. The van der Waals surface area contributed by atoms with Gasteiger partial charge in [0.1, 0.15) is 0 Å². The monoisotopic (exact) mass is 272 g/mol. The van der Waals surface area contributed by atoms with Crippen molar-refractivity contribution in [2.24, 2.45) is 0 Å². The Morgan fingerprint density at radius 1 is 1.32 bits per heavy atom. The highest BCUT2D eigenvalue weighted by atomic mass is 19.4. The van der Waals surface area contributed by atoms with Gasteiger partial charge >= 0.3 is 6.18 Å². The molecule has 0 fully saturated rings. The summed E-state index contributed by atoms with van der Waals surface area (Å²) in [5.74, 6) is 0. The molecule has 0 radical (unpaired) electrons. The Morgan fingerprint density at radius 2 is 2.16 bits per heavy atom. The van der Waals surface area contributed by atoms with Crippen LogP contribution in [0.3, 0.4) is 0 Å². The van der Waals surface area contributed by atoms with Crippen molar-refractivity contribution in [3.8, 4) is 11.3 Å². The number of pyridine rings is 1. The Balaban J connectivity index is 1.94. The highest BCUT2D eigenvalue weighted by molar-refractivity contribution is 5.61. The standard InChI is InChI=1S/C11H11F3N4O/c12-11(13,14)7-19-17-6-9-5-16-18-10(9)8-2-1-3-15-4-8/h1-5,17H,6-7H2,(H,16,18). The summed E-state index contributed by atoms with van der Waals surface area (Å²) < 4.78 is 35.6. The zero-order chi connectivity index (χ0) is 13.7. The number of aromatic nitrogens is 3. The average molecular weight is 272 g/mol. The predicted molar refractivity (Wildman–Crippen MR) is 60.7 cm³/mol. The fourth-order valence-corrected chi connectivity index (χ4v) is 1.47. The van der Waals surface area contributed by atoms with Gasteiger partial charge in [0, 0.05) is 30.1 Å². The maximum atomic E-state index is 11.9. The van der Waals surface area contributed by atoms with Crippen molar-refractivity contribution in [1.29, 1.82) is 0 Å². The molecule has 0 spiro atoms. The normalized spacial score (nSPS) is 11.7. The second kappa shape index (κ2) is 5.81. The molecule has 0 saturated carbocycles. The number of hydroxylamine groups is 1. The van der Waals surface area contributed by atoms with E-state index in [1.54, 1.807) is 18.5 Å². The van der Waals surface area contributed by atoms with Gasteiger partial charge in [-0.25, -0.2) is 0 Å². The molecular formula is C11H11F3N4O. The number of alkyl halides is 3. The first-order valence-corrected chi connectivity index (χ1v) is 5.40. The minimum Gasteiger partial charge on any atom is -0.292 e. The van der Waals surface area contributed by atoms with E-state index < -0.39 is 12.8 Å². The van der Waals surface area contributed by atoms with E-state index >= 15 is 0 Å². The van der Waals surface area contributed by atoms with Crippen LogP contribution < -0.4 is 5.48 Å². The van der Waals surface area contributed by atoms with E-state index in [1.165, 1.54) is 6.20 Å². The minimum atomic E-state index is -4.35. The van der Waals surface area contributed by atoms with Crippen molar-refractivity contribution in [2.75, 3.05) is 6.61 Å². The average Bonchev–Trinajstić information content (AvgIpc) is 2.83. The second-order valence-electron chi connectivity index (χ2n) is 3.74. The van der Waals surface area contributed by atoms with Crippen molar-refractivity contribution in [2.45, 2.75) is 12.7 Å². The SMILES string of the molecule is FC(F)(F)CONCc1cn[nH]c1-c1cccnc1. The van der Waals surface area contributed by atoms with Crippen LogP contribution in [0.4, 0.5) is 13.2 Å². The molecule has 2 aromatic rings. The van der Waals surface area contributed by atoms with Crippen LogP contribution in [0.5, 0.6) is 0 Å². The van der Waals surface area contributed by atoms with Crippen LogP contribution in [0, 0.1) is 0 Å². The number of hydrogen-bond acceptors (Lipinski definition) is 4. The lowest BCUT2D eigenvalue weighted by atomic mass is 10.1. The van der Waals surface area contributed by atoms with Gasteiger partial charge in [0.2, 0.25) is 0 Å². The van der Waals surface area contributed by atoms with Gasteiger partial charge in [0.25, 0.3) is 0 Å². The van der Waals surface area contributed by atoms with Crippen LogP contribution >= 0.6 is 0 Å². The number of aromatic amines is 1. The molecule has 2 aromatic heterocycles. The third-order valence-electron chi connectivity index (χ3n) is 2.27. The van der Waals surface area contributed by atoms with Crippen LogP contribution in [0.15, 0.2) is 30.7 Å². The number of H-pyrrole nitrogens is 1. The molecule has 0 amide bonds. The van der Waals surface area contributed by atoms with E-state index in [0.29, 0.717) is 11.3 Å². The Hall–Kier alpha value is -1.93. The first kappa shape index (κ1) is 13.5. The van der Waals surface area contributed by atoms with E-state index in [2.05, 4.69) is 25.5 Å². The maximum Gasteiger partial charge on any atom is 0.413 e. The number of hydrogen-bond donors (Lipinski definition) is 2. The molecule has 0 aliphatic heterocycles. The molecule has 8 heteroatoms. The lowest BCUT2D eigenvalue weighted by Crippen LogP contribution is -2.24. The van der Waals surface area contributed by atoms with E-state index in [9.17, 15) is 13.2 Å². The smallest absolute Gasteiger partial charge is 0.292 e. The summed E-state index contributed by atoms with van der Waals surface area (Å²) in [6.07, 6.45) is 0.430. The summed E-state index contributed by atoms with van der Waals surface area (Å²) in [5, 5.41) is 6.63. The minimum absolute atomic E-state index is 0.108. The van der Waals surface area contributed by atoms with Crippen molar-refractivity contribution < 1.29 is 18.0 Å². The Kier molecular flexibility index (Phi) is 4.13.